The van der Waals surface area contributed by atoms with Crippen LogP contribution in [-0.4, -0.2) is 81.7 Å². The molecule has 2 amide bonds. The van der Waals surface area contributed by atoms with Crippen LogP contribution in [0, 0.1) is 5.92 Å². The minimum atomic E-state index is -0.263. The molecule has 0 aliphatic carbocycles. The van der Waals surface area contributed by atoms with Crippen molar-refractivity contribution in [3.05, 3.63) is 18.0 Å². The summed E-state index contributed by atoms with van der Waals surface area (Å²) in [5.41, 5.74) is 1.10. The van der Waals surface area contributed by atoms with E-state index in [0.717, 1.165) is 49.5 Å². The maximum atomic E-state index is 13.3. The van der Waals surface area contributed by atoms with E-state index in [-0.39, 0.29) is 29.7 Å². The summed E-state index contributed by atoms with van der Waals surface area (Å²) in [7, 11) is 1.90. The van der Waals surface area contributed by atoms with E-state index in [1.54, 1.807) is 4.68 Å². The average molecular weight is 378 g/mol. The molecular weight excluding hydrogens is 350 g/mol. The standard InChI is InChI=1S/C18H27N5O2S/c1-21-12-13(9-20-21)14-10-19-11-15(14)17(24)23-4-2-3-16(23)18(25)22-5-7-26-8-6-22/h9,12,14-16,19H,2-8,10-11H2,1H3/t14-,15+,16?/m1/s1. The predicted molar refractivity (Wildman–Crippen MR) is 101 cm³/mol. The molecule has 3 saturated heterocycles. The lowest BCUT2D eigenvalue weighted by Gasteiger charge is -2.34. The molecule has 8 heteroatoms. The molecule has 142 valence electrons. The van der Waals surface area contributed by atoms with Gasteiger partial charge in [-0.2, -0.15) is 16.9 Å². The Labute approximate surface area is 158 Å². The summed E-state index contributed by atoms with van der Waals surface area (Å²) in [5, 5.41) is 7.62. The van der Waals surface area contributed by atoms with Crippen LogP contribution < -0.4 is 5.32 Å². The summed E-state index contributed by atoms with van der Waals surface area (Å²) < 4.78 is 1.78. The molecule has 1 unspecified atom stereocenters. The van der Waals surface area contributed by atoms with Gasteiger partial charge < -0.3 is 15.1 Å². The second-order valence-corrected chi connectivity index (χ2v) is 8.67. The molecule has 1 aromatic heterocycles. The molecule has 4 heterocycles. The van der Waals surface area contributed by atoms with Gasteiger partial charge in [-0.15, -0.1) is 0 Å². The fraction of sp³-hybridized carbons (Fsp3) is 0.722. The Hall–Kier alpha value is -1.54. The predicted octanol–water partition coefficient (Wildman–Crippen LogP) is 0.290. The number of aromatic nitrogens is 2. The quantitative estimate of drug-likeness (QED) is 0.820. The number of nitrogens with one attached hydrogen (secondary N) is 1. The van der Waals surface area contributed by atoms with Crippen LogP contribution in [0.25, 0.3) is 0 Å². The van der Waals surface area contributed by atoms with E-state index in [4.69, 9.17) is 0 Å². The summed E-state index contributed by atoms with van der Waals surface area (Å²) in [6.07, 6.45) is 5.57. The third-order valence-corrected chi connectivity index (χ3v) is 6.77. The van der Waals surface area contributed by atoms with Crippen molar-refractivity contribution < 1.29 is 9.59 Å². The first kappa shape index (κ1) is 17.9. The highest BCUT2D eigenvalue weighted by Gasteiger charge is 2.43. The molecule has 3 atom stereocenters. The monoisotopic (exact) mass is 377 g/mol. The van der Waals surface area contributed by atoms with Gasteiger partial charge in [-0.1, -0.05) is 0 Å². The third kappa shape index (κ3) is 3.36. The van der Waals surface area contributed by atoms with Crippen LogP contribution in [0.4, 0.5) is 0 Å². The highest BCUT2D eigenvalue weighted by molar-refractivity contribution is 7.99. The lowest BCUT2D eigenvalue weighted by atomic mass is 9.89. The number of hydrogen-bond donors (Lipinski definition) is 1. The van der Waals surface area contributed by atoms with Gasteiger partial charge in [0.25, 0.3) is 0 Å². The summed E-state index contributed by atoms with van der Waals surface area (Å²) >= 11 is 1.90. The molecule has 4 rings (SSSR count). The smallest absolute Gasteiger partial charge is 0.245 e. The van der Waals surface area contributed by atoms with Crippen LogP contribution in [0.15, 0.2) is 12.4 Å². The van der Waals surface area contributed by atoms with Gasteiger partial charge in [0.1, 0.15) is 6.04 Å². The molecular formula is C18H27N5O2S. The number of hydrogen-bond acceptors (Lipinski definition) is 5. The topological polar surface area (TPSA) is 70.5 Å². The van der Waals surface area contributed by atoms with Crippen LogP contribution in [0.5, 0.6) is 0 Å². The lowest BCUT2D eigenvalue weighted by molar-refractivity contribution is -0.145. The number of carbonyl (C=O) groups is 2. The number of thioether (sulfide) groups is 1. The van der Waals surface area contributed by atoms with Crippen molar-refractivity contribution in [1.82, 2.24) is 24.9 Å². The second kappa shape index (κ2) is 7.60. The molecule has 0 radical (unpaired) electrons. The van der Waals surface area contributed by atoms with E-state index in [2.05, 4.69) is 10.4 Å². The highest BCUT2D eigenvalue weighted by atomic mass is 32.2. The first-order valence-corrected chi connectivity index (χ1v) is 10.7. The average Bonchev–Trinajstić information content (AvgIpc) is 3.41. The maximum absolute atomic E-state index is 13.3. The van der Waals surface area contributed by atoms with Crippen molar-refractivity contribution in [2.45, 2.75) is 24.8 Å². The number of nitrogens with zero attached hydrogens (tertiary/aromatic N) is 4. The minimum absolute atomic E-state index is 0.107. The van der Waals surface area contributed by atoms with Gasteiger partial charge in [-0.3, -0.25) is 14.3 Å². The van der Waals surface area contributed by atoms with E-state index in [1.165, 1.54) is 0 Å². The zero-order valence-corrected chi connectivity index (χ0v) is 16.1. The molecule has 7 nitrogen and oxygen atoms in total. The molecule has 0 bridgehead atoms. The number of aryl methyl sites for hydroxylation is 1. The molecule has 0 spiro atoms. The minimum Gasteiger partial charge on any atom is -0.339 e. The van der Waals surface area contributed by atoms with Gasteiger partial charge in [0.2, 0.25) is 11.8 Å². The Bertz CT molecular complexity index is 672. The molecule has 0 saturated carbocycles. The number of carbonyl (C=O) groups excluding carboxylic acids is 2. The van der Waals surface area contributed by atoms with Crippen molar-refractivity contribution in [2.75, 3.05) is 44.2 Å². The fourth-order valence-electron chi connectivity index (χ4n) is 4.41. The first-order valence-electron chi connectivity index (χ1n) is 9.51. The molecule has 1 aromatic rings. The van der Waals surface area contributed by atoms with E-state index in [0.29, 0.717) is 13.1 Å². The number of amides is 2. The van der Waals surface area contributed by atoms with Crippen molar-refractivity contribution in [1.29, 1.82) is 0 Å². The molecule has 3 aliphatic rings. The van der Waals surface area contributed by atoms with Gasteiger partial charge in [-0.05, 0) is 18.4 Å². The Morgan fingerprint density at radius 1 is 1.19 bits per heavy atom. The SMILES string of the molecule is Cn1cc([C@H]2CNC[C@@H]2C(=O)N2CCCC2C(=O)N2CCSCC2)cn1. The van der Waals surface area contributed by atoms with Crippen molar-refractivity contribution in [3.8, 4) is 0 Å². The molecule has 3 fully saturated rings. The normalized spacial score (nSPS) is 29.3. The largest absolute Gasteiger partial charge is 0.339 e. The van der Waals surface area contributed by atoms with E-state index in [1.807, 2.05) is 41.0 Å². The molecule has 26 heavy (non-hydrogen) atoms. The van der Waals surface area contributed by atoms with E-state index >= 15 is 0 Å². The second-order valence-electron chi connectivity index (χ2n) is 7.45. The zero-order valence-electron chi connectivity index (χ0n) is 15.3. The highest BCUT2D eigenvalue weighted by Crippen LogP contribution is 2.32. The van der Waals surface area contributed by atoms with Gasteiger partial charge in [0, 0.05) is 63.4 Å². The zero-order chi connectivity index (χ0) is 18.1. The van der Waals surface area contributed by atoms with E-state index in [9.17, 15) is 9.59 Å². The van der Waals surface area contributed by atoms with Gasteiger partial charge in [-0.25, -0.2) is 0 Å². The van der Waals surface area contributed by atoms with Crippen molar-refractivity contribution in [2.24, 2.45) is 13.0 Å². The molecule has 3 aliphatic heterocycles. The Morgan fingerprint density at radius 3 is 2.73 bits per heavy atom. The van der Waals surface area contributed by atoms with Crippen LogP contribution in [0.2, 0.25) is 0 Å². The van der Waals surface area contributed by atoms with Gasteiger partial charge in [0.15, 0.2) is 0 Å². The maximum Gasteiger partial charge on any atom is 0.245 e. The van der Waals surface area contributed by atoms with Gasteiger partial charge >= 0.3 is 0 Å². The summed E-state index contributed by atoms with van der Waals surface area (Å²) in [6.45, 7) is 3.79. The summed E-state index contributed by atoms with van der Waals surface area (Å²) in [6, 6.07) is -0.263. The Kier molecular flexibility index (Phi) is 5.22. The van der Waals surface area contributed by atoms with E-state index < -0.39 is 0 Å². The molecule has 0 aromatic carbocycles. The van der Waals surface area contributed by atoms with Crippen LogP contribution in [0.3, 0.4) is 0 Å². The van der Waals surface area contributed by atoms with Crippen molar-refractivity contribution >= 4 is 23.6 Å². The Balaban J connectivity index is 1.48. The van der Waals surface area contributed by atoms with Crippen LogP contribution in [0.1, 0.15) is 24.3 Å². The van der Waals surface area contributed by atoms with Crippen LogP contribution in [-0.2, 0) is 16.6 Å². The van der Waals surface area contributed by atoms with Gasteiger partial charge in [0.05, 0.1) is 12.1 Å². The summed E-state index contributed by atoms with van der Waals surface area (Å²) in [4.78, 5) is 30.1. The number of likely N-dealkylation sites (tertiary alicyclic amines) is 1. The van der Waals surface area contributed by atoms with Crippen LogP contribution >= 0.6 is 11.8 Å². The summed E-state index contributed by atoms with van der Waals surface area (Å²) in [5.74, 6) is 2.32. The van der Waals surface area contributed by atoms with Crippen molar-refractivity contribution in [3.63, 3.8) is 0 Å². The third-order valence-electron chi connectivity index (χ3n) is 5.83. The first-order chi connectivity index (χ1) is 12.6. The molecule has 1 N–H and O–H groups in total. The Morgan fingerprint density at radius 2 is 2.00 bits per heavy atom. The fourth-order valence-corrected chi connectivity index (χ4v) is 5.32. The number of rotatable bonds is 3. The lowest BCUT2D eigenvalue weighted by Crippen LogP contribution is -2.51.